The molecule has 4 nitrogen and oxygen atoms in total. The van der Waals surface area contributed by atoms with Crippen LogP contribution in [0.4, 0.5) is 0 Å². The maximum atomic E-state index is 12.1. The van der Waals surface area contributed by atoms with E-state index in [1.807, 2.05) is 6.92 Å². The Kier molecular flexibility index (Phi) is 2.73. The molecule has 0 aromatic heterocycles. The number of carbonyl (C=O) groups excluding carboxylic acids is 1. The van der Waals surface area contributed by atoms with Crippen molar-refractivity contribution in [1.29, 1.82) is 0 Å². The minimum absolute atomic E-state index is 0.0878. The summed E-state index contributed by atoms with van der Waals surface area (Å²) in [6, 6.07) is 4.31. The molecule has 0 spiro atoms. The standard InChI is InChI=1S/C12H15NO3/c1-2-13(9-3-4-9)12(16)8-5-10(14)7-11(15)6-8/h5-7,9,14-15H,2-4H2,1H3. The molecule has 1 amide bonds. The fourth-order valence-electron chi connectivity index (χ4n) is 1.84. The van der Waals surface area contributed by atoms with Crippen LogP contribution in [0.25, 0.3) is 0 Å². The SMILES string of the molecule is CCN(C(=O)c1cc(O)cc(O)c1)C1CC1. The van der Waals surface area contributed by atoms with Gasteiger partial charge in [-0.15, -0.1) is 0 Å². The molecule has 1 aliphatic carbocycles. The van der Waals surface area contributed by atoms with Crippen LogP contribution in [0.2, 0.25) is 0 Å². The molecule has 4 heteroatoms. The molecule has 16 heavy (non-hydrogen) atoms. The molecular weight excluding hydrogens is 206 g/mol. The number of amides is 1. The van der Waals surface area contributed by atoms with Gasteiger partial charge in [-0.1, -0.05) is 0 Å². The van der Waals surface area contributed by atoms with E-state index in [-0.39, 0.29) is 17.4 Å². The number of aromatic hydroxyl groups is 2. The summed E-state index contributed by atoms with van der Waals surface area (Å²) >= 11 is 0. The summed E-state index contributed by atoms with van der Waals surface area (Å²) in [7, 11) is 0. The number of hydrogen-bond acceptors (Lipinski definition) is 3. The third-order valence-corrected chi connectivity index (χ3v) is 2.74. The Hall–Kier alpha value is -1.71. The summed E-state index contributed by atoms with van der Waals surface area (Å²) in [5.41, 5.74) is 0.339. The van der Waals surface area contributed by atoms with E-state index in [1.165, 1.54) is 18.2 Å². The molecule has 0 radical (unpaired) electrons. The van der Waals surface area contributed by atoms with Crippen LogP contribution in [0.15, 0.2) is 18.2 Å². The molecule has 0 unspecified atom stereocenters. The number of carbonyl (C=O) groups is 1. The average Bonchev–Trinajstić information content (AvgIpc) is 3.01. The molecule has 0 aliphatic heterocycles. The highest BCUT2D eigenvalue weighted by Crippen LogP contribution is 2.29. The van der Waals surface area contributed by atoms with Gasteiger partial charge in [0.15, 0.2) is 0 Å². The lowest BCUT2D eigenvalue weighted by molar-refractivity contribution is 0.0751. The van der Waals surface area contributed by atoms with Crippen LogP contribution in [0.1, 0.15) is 30.1 Å². The molecule has 0 saturated heterocycles. The van der Waals surface area contributed by atoms with Gasteiger partial charge in [0, 0.05) is 24.2 Å². The summed E-state index contributed by atoms with van der Waals surface area (Å²) in [6.45, 7) is 2.58. The van der Waals surface area contributed by atoms with Crippen molar-refractivity contribution in [1.82, 2.24) is 4.90 Å². The van der Waals surface area contributed by atoms with Gasteiger partial charge in [0.25, 0.3) is 5.91 Å². The monoisotopic (exact) mass is 221 g/mol. The lowest BCUT2D eigenvalue weighted by Crippen LogP contribution is -2.32. The second-order valence-electron chi connectivity index (χ2n) is 4.06. The van der Waals surface area contributed by atoms with Crippen LogP contribution in [0.3, 0.4) is 0 Å². The summed E-state index contributed by atoms with van der Waals surface area (Å²) in [5, 5.41) is 18.6. The molecule has 1 fully saturated rings. The van der Waals surface area contributed by atoms with Crippen LogP contribution in [0, 0.1) is 0 Å². The average molecular weight is 221 g/mol. The van der Waals surface area contributed by atoms with Crippen molar-refractivity contribution in [2.75, 3.05) is 6.54 Å². The molecule has 2 N–H and O–H groups in total. The molecule has 0 atom stereocenters. The number of hydrogen-bond donors (Lipinski definition) is 2. The molecule has 86 valence electrons. The second-order valence-corrected chi connectivity index (χ2v) is 4.06. The normalized spacial score (nSPS) is 14.8. The third-order valence-electron chi connectivity index (χ3n) is 2.74. The molecule has 1 aliphatic rings. The van der Waals surface area contributed by atoms with Gasteiger partial charge in [0.2, 0.25) is 0 Å². The van der Waals surface area contributed by atoms with Gasteiger partial charge in [-0.3, -0.25) is 4.79 Å². The lowest BCUT2D eigenvalue weighted by Gasteiger charge is -2.20. The Morgan fingerprint density at radius 1 is 1.31 bits per heavy atom. The molecule has 0 bridgehead atoms. The van der Waals surface area contributed by atoms with Gasteiger partial charge in [0.05, 0.1) is 0 Å². The largest absolute Gasteiger partial charge is 0.508 e. The first kappa shape index (κ1) is 10.8. The first-order valence-electron chi connectivity index (χ1n) is 5.46. The number of phenolic OH excluding ortho intramolecular Hbond substituents is 2. The van der Waals surface area contributed by atoms with E-state index in [0.29, 0.717) is 18.2 Å². The Morgan fingerprint density at radius 3 is 2.31 bits per heavy atom. The van der Waals surface area contributed by atoms with Crippen molar-refractivity contribution < 1.29 is 15.0 Å². The van der Waals surface area contributed by atoms with Crippen LogP contribution in [-0.4, -0.2) is 33.6 Å². The maximum Gasteiger partial charge on any atom is 0.254 e. The zero-order valence-electron chi connectivity index (χ0n) is 9.18. The second kappa shape index (κ2) is 4.04. The summed E-state index contributed by atoms with van der Waals surface area (Å²) in [4.78, 5) is 13.8. The lowest BCUT2D eigenvalue weighted by atomic mass is 10.1. The van der Waals surface area contributed by atoms with E-state index in [1.54, 1.807) is 4.90 Å². The van der Waals surface area contributed by atoms with E-state index in [9.17, 15) is 15.0 Å². The minimum atomic E-state index is -0.129. The van der Waals surface area contributed by atoms with Crippen molar-refractivity contribution in [3.8, 4) is 11.5 Å². The highest BCUT2D eigenvalue weighted by Gasteiger charge is 2.32. The van der Waals surface area contributed by atoms with E-state index < -0.39 is 0 Å². The number of phenols is 2. The first-order chi connectivity index (χ1) is 7.61. The van der Waals surface area contributed by atoms with Crippen molar-refractivity contribution >= 4 is 5.91 Å². The Labute approximate surface area is 94.1 Å². The van der Waals surface area contributed by atoms with Crippen molar-refractivity contribution in [3.05, 3.63) is 23.8 Å². The fourth-order valence-corrected chi connectivity index (χ4v) is 1.84. The van der Waals surface area contributed by atoms with Gasteiger partial charge in [-0.25, -0.2) is 0 Å². The molecule has 1 saturated carbocycles. The van der Waals surface area contributed by atoms with E-state index in [2.05, 4.69) is 0 Å². The molecule has 2 rings (SSSR count). The van der Waals surface area contributed by atoms with Crippen LogP contribution in [0.5, 0.6) is 11.5 Å². The topological polar surface area (TPSA) is 60.8 Å². The molecular formula is C12H15NO3. The number of nitrogens with zero attached hydrogens (tertiary/aromatic N) is 1. The van der Waals surface area contributed by atoms with Gasteiger partial charge in [-0.05, 0) is 31.9 Å². The fraction of sp³-hybridized carbons (Fsp3) is 0.417. The van der Waals surface area contributed by atoms with Crippen LogP contribution >= 0.6 is 0 Å². The molecule has 1 aromatic carbocycles. The van der Waals surface area contributed by atoms with Gasteiger partial charge in [-0.2, -0.15) is 0 Å². The van der Waals surface area contributed by atoms with Crippen molar-refractivity contribution in [2.45, 2.75) is 25.8 Å². The zero-order chi connectivity index (χ0) is 11.7. The van der Waals surface area contributed by atoms with Gasteiger partial charge >= 0.3 is 0 Å². The quantitative estimate of drug-likeness (QED) is 0.817. The highest BCUT2D eigenvalue weighted by atomic mass is 16.3. The summed E-state index contributed by atoms with van der Waals surface area (Å²) < 4.78 is 0. The predicted octanol–water partition coefficient (Wildman–Crippen LogP) is 1.72. The number of rotatable bonds is 3. The highest BCUT2D eigenvalue weighted by molar-refractivity contribution is 5.95. The van der Waals surface area contributed by atoms with Crippen molar-refractivity contribution in [2.24, 2.45) is 0 Å². The Bertz CT molecular complexity index is 392. The Morgan fingerprint density at radius 2 is 1.88 bits per heavy atom. The molecule has 0 heterocycles. The first-order valence-corrected chi connectivity index (χ1v) is 5.46. The predicted molar refractivity (Wildman–Crippen MR) is 59.5 cm³/mol. The van der Waals surface area contributed by atoms with Crippen LogP contribution < -0.4 is 0 Å². The van der Waals surface area contributed by atoms with Gasteiger partial charge < -0.3 is 15.1 Å². The number of benzene rings is 1. The zero-order valence-corrected chi connectivity index (χ0v) is 9.18. The summed E-state index contributed by atoms with van der Waals surface area (Å²) in [5.74, 6) is -0.304. The summed E-state index contributed by atoms with van der Waals surface area (Å²) in [6.07, 6.45) is 2.09. The Balaban J connectivity index is 2.24. The van der Waals surface area contributed by atoms with Crippen molar-refractivity contribution in [3.63, 3.8) is 0 Å². The van der Waals surface area contributed by atoms with E-state index >= 15 is 0 Å². The molecule has 1 aromatic rings. The van der Waals surface area contributed by atoms with Gasteiger partial charge in [0.1, 0.15) is 11.5 Å². The maximum absolute atomic E-state index is 12.1. The van der Waals surface area contributed by atoms with E-state index in [0.717, 1.165) is 12.8 Å². The van der Waals surface area contributed by atoms with E-state index in [4.69, 9.17) is 0 Å². The van der Waals surface area contributed by atoms with Crippen LogP contribution in [-0.2, 0) is 0 Å². The minimum Gasteiger partial charge on any atom is -0.508 e. The third kappa shape index (κ3) is 2.10. The smallest absolute Gasteiger partial charge is 0.254 e.